The lowest BCUT2D eigenvalue weighted by molar-refractivity contribution is -0.123. The van der Waals surface area contributed by atoms with Crippen molar-refractivity contribution in [2.75, 3.05) is 13.7 Å². The zero-order valence-corrected chi connectivity index (χ0v) is 14.6. The maximum atomic E-state index is 11.8. The highest BCUT2D eigenvalue weighted by molar-refractivity contribution is 6.30. The predicted molar refractivity (Wildman–Crippen MR) is 95.2 cm³/mol. The second-order valence-electron chi connectivity index (χ2n) is 5.24. The molecule has 0 aromatic heterocycles. The Balaban J connectivity index is 1.90. The SMILES string of the molecule is COc1ccc(Cl)cc1/C=N\NC(=O)COc1ccc(C)cc1C. The fraction of sp³-hybridized carbons (Fsp3) is 0.222. The van der Waals surface area contributed by atoms with Crippen LogP contribution in [0.1, 0.15) is 16.7 Å². The van der Waals surface area contributed by atoms with Crippen LogP contribution in [0.25, 0.3) is 0 Å². The summed E-state index contributed by atoms with van der Waals surface area (Å²) >= 11 is 5.93. The van der Waals surface area contributed by atoms with Gasteiger partial charge in [-0.2, -0.15) is 5.10 Å². The van der Waals surface area contributed by atoms with Crippen LogP contribution in [-0.2, 0) is 4.79 Å². The molecular weight excluding hydrogens is 328 g/mol. The van der Waals surface area contributed by atoms with Crippen molar-refractivity contribution in [1.82, 2.24) is 5.43 Å². The van der Waals surface area contributed by atoms with Gasteiger partial charge in [-0.1, -0.05) is 29.3 Å². The Kier molecular flexibility index (Phi) is 6.21. The normalized spacial score (nSPS) is 10.7. The van der Waals surface area contributed by atoms with Gasteiger partial charge in [-0.25, -0.2) is 5.43 Å². The summed E-state index contributed by atoms with van der Waals surface area (Å²) in [5.74, 6) is 0.937. The van der Waals surface area contributed by atoms with Crippen LogP contribution in [0.2, 0.25) is 5.02 Å². The summed E-state index contributed by atoms with van der Waals surface area (Å²) in [5.41, 5.74) is 5.20. The third-order valence-electron chi connectivity index (χ3n) is 3.27. The average molecular weight is 347 g/mol. The number of hydrazone groups is 1. The van der Waals surface area contributed by atoms with Gasteiger partial charge >= 0.3 is 0 Å². The Bertz CT molecular complexity index is 760. The van der Waals surface area contributed by atoms with Gasteiger partial charge in [0.05, 0.1) is 13.3 Å². The lowest BCUT2D eigenvalue weighted by Crippen LogP contribution is -2.24. The van der Waals surface area contributed by atoms with E-state index in [0.717, 1.165) is 11.1 Å². The quantitative estimate of drug-likeness (QED) is 0.643. The largest absolute Gasteiger partial charge is 0.496 e. The minimum absolute atomic E-state index is 0.117. The number of rotatable bonds is 6. The number of ether oxygens (including phenoxy) is 2. The first kappa shape index (κ1) is 17.8. The molecule has 0 aliphatic heterocycles. The average Bonchev–Trinajstić information content (AvgIpc) is 2.54. The predicted octanol–water partition coefficient (Wildman–Crippen LogP) is 3.49. The molecule has 0 saturated carbocycles. The molecule has 0 spiro atoms. The van der Waals surface area contributed by atoms with Crippen LogP contribution in [0, 0.1) is 13.8 Å². The minimum atomic E-state index is -0.354. The van der Waals surface area contributed by atoms with Crippen molar-refractivity contribution in [3.63, 3.8) is 0 Å². The molecule has 0 unspecified atom stereocenters. The molecule has 0 aliphatic rings. The van der Waals surface area contributed by atoms with E-state index in [0.29, 0.717) is 22.1 Å². The van der Waals surface area contributed by atoms with E-state index in [-0.39, 0.29) is 12.5 Å². The zero-order chi connectivity index (χ0) is 17.5. The van der Waals surface area contributed by atoms with E-state index in [9.17, 15) is 4.79 Å². The Morgan fingerprint density at radius 1 is 1.21 bits per heavy atom. The highest BCUT2D eigenvalue weighted by Gasteiger charge is 2.05. The van der Waals surface area contributed by atoms with Gasteiger partial charge in [-0.05, 0) is 43.7 Å². The maximum absolute atomic E-state index is 11.8. The molecule has 5 nitrogen and oxygen atoms in total. The summed E-state index contributed by atoms with van der Waals surface area (Å²) in [6.45, 7) is 3.82. The fourth-order valence-electron chi connectivity index (χ4n) is 2.12. The standard InChI is InChI=1S/C18H19ClN2O3/c1-12-4-6-16(13(2)8-12)24-11-18(22)21-20-10-14-9-15(19)5-7-17(14)23-3/h4-10H,11H2,1-3H3,(H,21,22)/b20-10-. The fourth-order valence-corrected chi connectivity index (χ4v) is 2.30. The number of carbonyl (C=O) groups is 1. The molecule has 0 saturated heterocycles. The Labute approximate surface area is 146 Å². The smallest absolute Gasteiger partial charge is 0.277 e. The van der Waals surface area contributed by atoms with E-state index in [2.05, 4.69) is 10.5 Å². The third kappa shape index (κ3) is 4.99. The van der Waals surface area contributed by atoms with Crippen molar-refractivity contribution >= 4 is 23.7 Å². The van der Waals surface area contributed by atoms with Gasteiger partial charge in [0.25, 0.3) is 5.91 Å². The molecule has 1 N–H and O–H groups in total. The summed E-state index contributed by atoms with van der Waals surface area (Å²) in [4.78, 5) is 11.8. The highest BCUT2D eigenvalue weighted by Crippen LogP contribution is 2.21. The van der Waals surface area contributed by atoms with Gasteiger partial charge < -0.3 is 9.47 Å². The van der Waals surface area contributed by atoms with Gasteiger partial charge in [0.2, 0.25) is 0 Å². The molecule has 2 aromatic carbocycles. The van der Waals surface area contributed by atoms with E-state index in [1.807, 2.05) is 32.0 Å². The van der Waals surface area contributed by atoms with Crippen molar-refractivity contribution in [3.8, 4) is 11.5 Å². The van der Waals surface area contributed by atoms with Crippen LogP contribution in [0.3, 0.4) is 0 Å². The van der Waals surface area contributed by atoms with E-state index in [1.54, 1.807) is 25.3 Å². The minimum Gasteiger partial charge on any atom is -0.496 e. The number of hydrogen-bond acceptors (Lipinski definition) is 4. The van der Waals surface area contributed by atoms with Crippen LogP contribution in [0.15, 0.2) is 41.5 Å². The summed E-state index contributed by atoms with van der Waals surface area (Å²) in [5, 5.41) is 4.45. The number of benzene rings is 2. The first-order chi connectivity index (χ1) is 11.5. The first-order valence-electron chi connectivity index (χ1n) is 7.35. The number of amides is 1. The molecule has 126 valence electrons. The summed E-state index contributed by atoms with van der Waals surface area (Å²) in [7, 11) is 1.55. The molecule has 0 heterocycles. The topological polar surface area (TPSA) is 59.9 Å². The van der Waals surface area contributed by atoms with Gasteiger partial charge in [0, 0.05) is 10.6 Å². The highest BCUT2D eigenvalue weighted by atomic mass is 35.5. The zero-order valence-electron chi connectivity index (χ0n) is 13.8. The number of aryl methyl sites for hydroxylation is 2. The molecule has 2 rings (SSSR count). The second-order valence-corrected chi connectivity index (χ2v) is 5.67. The Morgan fingerprint density at radius 3 is 2.67 bits per heavy atom. The molecule has 0 fully saturated rings. The molecule has 0 atom stereocenters. The number of carbonyl (C=O) groups excluding carboxylic acids is 1. The van der Waals surface area contributed by atoms with Crippen LogP contribution in [-0.4, -0.2) is 25.8 Å². The summed E-state index contributed by atoms with van der Waals surface area (Å²) in [6.07, 6.45) is 1.47. The molecule has 6 heteroatoms. The maximum Gasteiger partial charge on any atom is 0.277 e. The van der Waals surface area contributed by atoms with Crippen molar-refractivity contribution in [1.29, 1.82) is 0 Å². The molecule has 0 aliphatic carbocycles. The van der Waals surface area contributed by atoms with Crippen LogP contribution in [0.4, 0.5) is 0 Å². The lowest BCUT2D eigenvalue weighted by Gasteiger charge is -2.08. The van der Waals surface area contributed by atoms with Crippen molar-refractivity contribution < 1.29 is 14.3 Å². The molecular formula is C18H19ClN2O3. The Hall–Kier alpha value is -2.53. The molecule has 1 amide bonds. The molecule has 2 aromatic rings. The molecule has 24 heavy (non-hydrogen) atoms. The third-order valence-corrected chi connectivity index (χ3v) is 3.51. The van der Waals surface area contributed by atoms with E-state index >= 15 is 0 Å². The van der Waals surface area contributed by atoms with Gasteiger partial charge in [0.1, 0.15) is 11.5 Å². The molecule has 0 radical (unpaired) electrons. The van der Waals surface area contributed by atoms with Gasteiger partial charge in [-0.15, -0.1) is 0 Å². The molecule has 0 bridgehead atoms. The van der Waals surface area contributed by atoms with Crippen LogP contribution in [0.5, 0.6) is 11.5 Å². The van der Waals surface area contributed by atoms with Gasteiger partial charge in [-0.3, -0.25) is 4.79 Å². The summed E-state index contributed by atoms with van der Waals surface area (Å²) in [6, 6.07) is 10.9. The van der Waals surface area contributed by atoms with Crippen LogP contribution >= 0.6 is 11.6 Å². The number of nitrogens with zero attached hydrogens (tertiary/aromatic N) is 1. The lowest BCUT2D eigenvalue weighted by atomic mass is 10.1. The first-order valence-corrected chi connectivity index (χ1v) is 7.73. The van der Waals surface area contributed by atoms with E-state index in [1.165, 1.54) is 6.21 Å². The van der Waals surface area contributed by atoms with E-state index in [4.69, 9.17) is 21.1 Å². The monoisotopic (exact) mass is 346 g/mol. The number of halogens is 1. The number of nitrogens with one attached hydrogen (secondary N) is 1. The van der Waals surface area contributed by atoms with Crippen molar-refractivity contribution in [2.45, 2.75) is 13.8 Å². The second kappa shape index (κ2) is 8.36. The summed E-state index contributed by atoms with van der Waals surface area (Å²) < 4.78 is 10.7. The number of methoxy groups -OCH3 is 1. The van der Waals surface area contributed by atoms with Crippen molar-refractivity contribution in [2.24, 2.45) is 5.10 Å². The Morgan fingerprint density at radius 2 is 1.96 bits per heavy atom. The van der Waals surface area contributed by atoms with Crippen LogP contribution < -0.4 is 14.9 Å². The number of hydrogen-bond donors (Lipinski definition) is 1. The van der Waals surface area contributed by atoms with Gasteiger partial charge in [0.15, 0.2) is 6.61 Å². The van der Waals surface area contributed by atoms with E-state index < -0.39 is 0 Å². The van der Waals surface area contributed by atoms with Crippen molar-refractivity contribution in [3.05, 3.63) is 58.1 Å².